The number of benzene rings is 1. The molecule has 0 aliphatic rings. The fraction of sp³-hybridized carbons (Fsp3) is 0.167. The van der Waals surface area contributed by atoms with Gasteiger partial charge in [-0.3, -0.25) is 9.79 Å². The Bertz CT molecular complexity index is 935. The number of nitrogens with two attached hydrogens (primary N) is 1. The summed E-state index contributed by atoms with van der Waals surface area (Å²) in [5.41, 5.74) is 7.46. The van der Waals surface area contributed by atoms with E-state index in [0.29, 0.717) is 28.6 Å². The minimum atomic E-state index is -0.220. The number of carbonyl (C=O) groups is 1. The van der Waals surface area contributed by atoms with E-state index in [-0.39, 0.29) is 18.4 Å². The summed E-state index contributed by atoms with van der Waals surface area (Å²) in [6.45, 7) is 0.407. The van der Waals surface area contributed by atoms with Crippen molar-refractivity contribution in [1.29, 1.82) is 5.26 Å². The maximum atomic E-state index is 11.2. The molecule has 5 N–H and O–H groups in total. The molecule has 0 saturated heterocycles. The minimum absolute atomic E-state index is 0.0223. The third-order valence-electron chi connectivity index (χ3n) is 3.44. The van der Waals surface area contributed by atoms with Gasteiger partial charge in [0.15, 0.2) is 5.82 Å². The molecule has 144 valence electrons. The van der Waals surface area contributed by atoms with Gasteiger partial charge >= 0.3 is 0 Å². The van der Waals surface area contributed by atoms with E-state index in [1.54, 1.807) is 18.2 Å². The van der Waals surface area contributed by atoms with Crippen LogP contribution in [0.25, 0.3) is 0 Å². The summed E-state index contributed by atoms with van der Waals surface area (Å²) >= 11 is 6.15. The molecule has 0 atom stereocenters. The minimum Gasteiger partial charge on any atom is -0.403 e. The van der Waals surface area contributed by atoms with Crippen molar-refractivity contribution in [1.82, 2.24) is 15.3 Å². The highest BCUT2D eigenvalue weighted by Gasteiger charge is 2.07. The molecule has 0 bridgehead atoms. The Morgan fingerprint density at radius 1 is 1.46 bits per heavy atom. The third-order valence-corrected chi connectivity index (χ3v) is 3.72. The molecule has 1 heterocycles. The van der Waals surface area contributed by atoms with Crippen molar-refractivity contribution in [2.45, 2.75) is 6.54 Å². The lowest BCUT2D eigenvalue weighted by Crippen LogP contribution is -2.20. The van der Waals surface area contributed by atoms with Crippen molar-refractivity contribution >= 4 is 35.5 Å². The number of aromatic nitrogens is 2. The van der Waals surface area contributed by atoms with Crippen molar-refractivity contribution in [3.8, 4) is 6.07 Å². The highest BCUT2D eigenvalue weighted by molar-refractivity contribution is 6.32. The Hall–Kier alpha value is -3.64. The van der Waals surface area contributed by atoms with Gasteiger partial charge in [-0.15, -0.1) is 0 Å². The molecule has 9 nitrogen and oxygen atoms in total. The van der Waals surface area contributed by atoms with Crippen LogP contribution >= 0.6 is 11.6 Å². The van der Waals surface area contributed by atoms with E-state index in [0.717, 1.165) is 5.56 Å². The topological polar surface area (TPSA) is 141 Å². The van der Waals surface area contributed by atoms with E-state index in [1.165, 1.54) is 25.7 Å². The summed E-state index contributed by atoms with van der Waals surface area (Å²) < 4.78 is 0. The van der Waals surface area contributed by atoms with Gasteiger partial charge in [0.1, 0.15) is 11.6 Å². The quantitative estimate of drug-likeness (QED) is 0.495. The Balaban J connectivity index is 2.05. The molecule has 0 spiro atoms. The molecule has 2 aromatic rings. The van der Waals surface area contributed by atoms with Crippen molar-refractivity contribution in [3.05, 3.63) is 58.5 Å². The number of carbonyl (C=O) groups excluding carboxylic acids is 1. The number of likely N-dealkylation sites (N-methyl/N-ethyl adjacent to an activating group) is 1. The number of amides is 1. The van der Waals surface area contributed by atoms with Gasteiger partial charge in [-0.2, -0.15) is 10.2 Å². The monoisotopic (exact) mass is 398 g/mol. The maximum Gasteiger partial charge on any atom is 0.241 e. The predicted molar refractivity (Wildman–Crippen MR) is 109 cm³/mol. The van der Waals surface area contributed by atoms with E-state index in [4.69, 9.17) is 22.6 Å². The van der Waals surface area contributed by atoms with E-state index in [9.17, 15) is 4.79 Å². The average molecular weight is 399 g/mol. The SMILES string of the molecule is CNC(=O)CN=CC(=CN)Nc1ncc(Cl)c(NCc2cccc(C#N)c2)n1. The molecule has 2 rings (SSSR count). The van der Waals surface area contributed by atoms with Gasteiger partial charge < -0.3 is 21.7 Å². The van der Waals surface area contributed by atoms with Crippen LogP contribution in [0, 0.1) is 11.3 Å². The maximum absolute atomic E-state index is 11.2. The lowest BCUT2D eigenvalue weighted by atomic mass is 10.1. The Morgan fingerprint density at radius 3 is 3.00 bits per heavy atom. The first-order valence-electron chi connectivity index (χ1n) is 8.20. The Labute approximate surface area is 167 Å². The number of hydrogen-bond acceptors (Lipinski definition) is 8. The number of allylic oxidation sites excluding steroid dienone is 1. The largest absolute Gasteiger partial charge is 0.403 e. The van der Waals surface area contributed by atoms with Gasteiger partial charge in [0.25, 0.3) is 0 Å². The van der Waals surface area contributed by atoms with E-state index in [1.807, 2.05) is 6.07 Å². The van der Waals surface area contributed by atoms with Crippen molar-refractivity contribution in [2.75, 3.05) is 24.2 Å². The molecule has 0 saturated carbocycles. The van der Waals surface area contributed by atoms with Crippen molar-refractivity contribution < 1.29 is 4.79 Å². The summed E-state index contributed by atoms with van der Waals surface area (Å²) in [6, 6.07) is 9.30. The number of halogens is 1. The molecule has 0 aliphatic carbocycles. The number of rotatable bonds is 8. The zero-order valence-corrected chi connectivity index (χ0v) is 15.9. The van der Waals surface area contributed by atoms with Gasteiger partial charge in [-0.05, 0) is 17.7 Å². The molecule has 1 aromatic heterocycles. The molecule has 1 aromatic carbocycles. The van der Waals surface area contributed by atoms with Gasteiger partial charge in [-0.1, -0.05) is 23.7 Å². The molecule has 0 aliphatic heterocycles. The van der Waals surface area contributed by atoms with Crippen LogP contribution < -0.4 is 21.7 Å². The van der Waals surface area contributed by atoms with Crippen LogP contribution in [0.3, 0.4) is 0 Å². The highest BCUT2D eigenvalue weighted by Crippen LogP contribution is 2.20. The van der Waals surface area contributed by atoms with Crippen LogP contribution in [-0.2, 0) is 11.3 Å². The molecular weight excluding hydrogens is 380 g/mol. The number of nitrogens with one attached hydrogen (secondary N) is 3. The van der Waals surface area contributed by atoms with Crippen molar-refractivity contribution in [2.24, 2.45) is 10.7 Å². The zero-order chi connectivity index (χ0) is 20.4. The smallest absolute Gasteiger partial charge is 0.241 e. The third kappa shape index (κ3) is 6.26. The normalized spacial score (nSPS) is 11.1. The molecule has 0 fully saturated rings. The van der Waals surface area contributed by atoms with E-state index in [2.05, 4.69) is 37.0 Å². The van der Waals surface area contributed by atoms with Crippen LogP contribution in [0.2, 0.25) is 5.02 Å². The predicted octanol–water partition coefficient (Wildman–Crippen LogP) is 1.64. The summed E-state index contributed by atoms with van der Waals surface area (Å²) in [5, 5.41) is 17.8. The summed E-state index contributed by atoms with van der Waals surface area (Å²) in [7, 11) is 1.53. The number of hydrogen-bond donors (Lipinski definition) is 4. The first-order chi connectivity index (χ1) is 13.5. The molecular formula is C18H19ClN8O. The Morgan fingerprint density at radius 2 is 2.29 bits per heavy atom. The van der Waals surface area contributed by atoms with Gasteiger partial charge in [0.05, 0.1) is 23.5 Å². The van der Waals surface area contributed by atoms with Crippen molar-refractivity contribution in [3.63, 3.8) is 0 Å². The van der Waals surface area contributed by atoms with E-state index >= 15 is 0 Å². The average Bonchev–Trinajstić information content (AvgIpc) is 2.73. The summed E-state index contributed by atoms with van der Waals surface area (Å²) in [4.78, 5) is 23.6. The second-order valence-electron chi connectivity index (χ2n) is 5.45. The van der Waals surface area contributed by atoms with Gasteiger partial charge in [0, 0.05) is 26.0 Å². The zero-order valence-electron chi connectivity index (χ0n) is 15.1. The molecule has 10 heteroatoms. The Kier molecular flexibility index (Phi) is 7.75. The second kappa shape index (κ2) is 10.5. The van der Waals surface area contributed by atoms with Crippen LogP contribution in [0.15, 0.2) is 47.4 Å². The van der Waals surface area contributed by atoms with Crippen LogP contribution in [0.5, 0.6) is 0 Å². The molecule has 0 unspecified atom stereocenters. The number of nitrogens with zero attached hydrogens (tertiary/aromatic N) is 4. The van der Waals surface area contributed by atoms with Crippen LogP contribution in [-0.4, -0.2) is 35.7 Å². The fourth-order valence-electron chi connectivity index (χ4n) is 2.04. The molecule has 0 radical (unpaired) electrons. The van der Waals surface area contributed by atoms with E-state index < -0.39 is 0 Å². The summed E-state index contributed by atoms with van der Waals surface area (Å²) in [5.74, 6) is 0.447. The number of nitriles is 1. The number of aliphatic imine (C=N–C) groups is 1. The van der Waals surface area contributed by atoms with Crippen LogP contribution in [0.1, 0.15) is 11.1 Å². The van der Waals surface area contributed by atoms with Gasteiger partial charge in [-0.25, -0.2) is 4.98 Å². The van der Waals surface area contributed by atoms with Crippen LogP contribution in [0.4, 0.5) is 11.8 Å². The molecule has 28 heavy (non-hydrogen) atoms. The second-order valence-corrected chi connectivity index (χ2v) is 5.85. The molecule has 1 amide bonds. The summed E-state index contributed by atoms with van der Waals surface area (Å²) in [6.07, 6.45) is 4.14. The lowest BCUT2D eigenvalue weighted by molar-refractivity contribution is -0.119. The first kappa shape index (κ1) is 20.7. The van der Waals surface area contributed by atoms with Gasteiger partial charge in [0.2, 0.25) is 11.9 Å². The fourth-order valence-corrected chi connectivity index (χ4v) is 2.20. The number of anilines is 2. The first-order valence-corrected chi connectivity index (χ1v) is 8.58. The lowest BCUT2D eigenvalue weighted by Gasteiger charge is -2.10. The standard InChI is InChI=1S/C18H19ClN8O/c1-22-16(28)11-23-9-14(7-21)26-18-25-10-15(19)17(27-18)24-8-13-4-2-3-12(5-13)6-20/h2-5,7,9-10H,8,11,21H2,1H3,(H,22,28)(H2,24,25,26,27). The highest BCUT2D eigenvalue weighted by atomic mass is 35.5.